The maximum atomic E-state index is 12.9. The number of carbonyl (C=O) groups is 1. The number of nitrogens with two attached hydrogens (primary N) is 1. The van der Waals surface area contributed by atoms with E-state index in [1.807, 2.05) is 0 Å². The van der Waals surface area contributed by atoms with E-state index in [4.69, 9.17) is 5.73 Å². The Bertz CT molecular complexity index is 1070. The molecular formula is C17H14FN5O3S. The molecule has 4 N–H and O–H groups in total. The van der Waals surface area contributed by atoms with Gasteiger partial charge in [-0.1, -0.05) is 0 Å². The monoisotopic (exact) mass is 387 g/mol. The van der Waals surface area contributed by atoms with Crippen molar-refractivity contribution in [3.63, 3.8) is 0 Å². The highest BCUT2D eigenvalue weighted by atomic mass is 32.2. The number of nitrogens with one attached hydrogen (secondary N) is 2. The van der Waals surface area contributed by atoms with E-state index < -0.39 is 21.7 Å². The van der Waals surface area contributed by atoms with Crippen LogP contribution in [0.1, 0.15) is 10.5 Å². The summed E-state index contributed by atoms with van der Waals surface area (Å²) in [5.74, 6) is -1.07. The lowest BCUT2D eigenvalue weighted by atomic mass is 10.2. The van der Waals surface area contributed by atoms with Gasteiger partial charge in [-0.3, -0.25) is 9.52 Å². The Labute approximate surface area is 154 Å². The Morgan fingerprint density at radius 2 is 1.52 bits per heavy atom. The maximum Gasteiger partial charge on any atom is 0.278 e. The van der Waals surface area contributed by atoms with Crippen molar-refractivity contribution in [2.75, 3.05) is 15.8 Å². The number of rotatable bonds is 5. The number of anilines is 3. The van der Waals surface area contributed by atoms with Crippen molar-refractivity contribution >= 4 is 33.1 Å². The number of hydrogen-bond donors (Lipinski definition) is 3. The van der Waals surface area contributed by atoms with Gasteiger partial charge in [0.1, 0.15) is 5.82 Å². The van der Waals surface area contributed by atoms with Crippen molar-refractivity contribution < 1.29 is 17.6 Å². The largest absolute Gasteiger partial charge is 0.382 e. The van der Waals surface area contributed by atoms with Gasteiger partial charge < -0.3 is 11.1 Å². The summed E-state index contributed by atoms with van der Waals surface area (Å²) < 4.78 is 39.8. The zero-order chi connectivity index (χ0) is 19.4. The minimum atomic E-state index is -3.85. The molecular weight excluding hydrogens is 373 g/mol. The Morgan fingerprint density at radius 1 is 0.926 bits per heavy atom. The average Bonchev–Trinajstić information content (AvgIpc) is 2.64. The number of carbonyl (C=O) groups excluding carboxylic acids is 1. The van der Waals surface area contributed by atoms with Crippen LogP contribution in [-0.4, -0.2) is 24.3 Å². The highest BCUT2D eigenvalue weighted by molar-refractivity contribution is 7.92. The molecule has 0 aliphatic carbocycles. The zero-order valence-electron chi connectivity index (χ0n) is 13.8. The van der Waals surface area contributed by atoms with Crippen LogP contribution < -0.4 is 15.8 Å². The molecule has 0 saturated heterocycles. The molecule has 3 aromatic rings. The fraction of sp³-hybridized carbons (Fsp3) is 0. The van der Waals surface area contributed by atoms with Crippen LogP contribution in [0.5, 0.6) is 0 Å². The van der Waals surface area contributed by atoms with Gasteiger partial charge in [0.25, 0.3) is 15.9 Å². The van der Waals surface area contributed by atoms with Crippen molar-refractivity contribution in [1.29, 1.82) is 0 Å². The highest BCUT2D eigenvalue weighted by Crippen LogP contribution is 2.19. The van der Waals surface area contributed by atoms with Gasteiger partial charge in [0.2, 0.25) is 0 Å². The molecule has 138 valence electrons. The predicted molar refractivity (Wildman–Crippen MR) is 98.0 cm³/mol. The van der Waals surface area contributed by atoms with E-state index in [1.54, 1.807) is 0 Å². The fourth-order valence-corrected chi connectivity index (χ4v) is 3.22. The Hall–Kier alpha value is -3.53. The fourth-order valence-electron chi connectivity index (χ4n) is 2.16. The van der Waals surface area contributed by atoms with Gasteiger partial charge in [-0.05, 0) is 48.5 Å². The van der Waals surface area contributed by atoms with Gasteiger partial charge >= 0.3 is 0 Å². The lowest BCUT2D eigenvalue weighted by molar-refractivity contribution is 0.102. The molecule has 1 aromatic heterocycles. The molecule has 1 heterocycles. The lowest BCUT2D eigenvalue weighted by Crippen LogP contribution is -2.16. The second kappa shape index (κ2) is 7.38. The molecule has 3 rings (SSSR count). The van der Waals surface area contributed by atoms with E-state index in [0.717, 1.165) is 24.3 Å². The van der Waals surface area contributed by atoms with E-state index in [-0.39, 0.29) is 22.1 Å². The van der Waals surface area contributed by atoms with Crippen molar-refractivity contribution in [3.05, 3.63) is 72.4 Å². The third-order valence-electron chi connectivity index (χ3n) is 3.46. The zero-order valence-corrected chi connectivity index (χ0v) is 14.6. The second-order valence-electron chi connectivity index (χ2n) is 5.38. The van der Waals surface area contributed by atoms with Gasteiger partial charge in [-0.25, -0.2) is 22.8 Å². The summed E-state index contributed by atoms with van der Waals surface area (Å²) in [7, 11) is -3.85. The van der Waals surface area contributed by atoms with Gasteiger partial charge in [0.05, 0.1) is 4.90 Å². The Balaban J connectivity index is 1.71. The molecule has 0 atom stereocenters. The summed E-state index contributed by atoms with van der Waals surface area (Å²) in [6.45, 7) is 0. The minimum absolute atomic E-state index is 0.00122. The summed E-state index contributed by atoms with van der Waals surface area (Å²) in [5, 5.41) is 2.59. The number of halogens is 1. The maximum absolute atomic E-state index is 12.9. The first-order valence-electron chi connectivity index (χ1n) is 7.61. The highest BCUT2D eigenvalue weighted by Gasteiger charge is 2.15. The molecule has 0 bridgehead atoms. The number of hydrogen-bond acceptors (Lipinski definition) is 6. The predicted octanol–water partition coefficient (Wildman–Crippen LogP) is 2.25. The van der Waals surface area contributed by atoms with Crippen LogP contribution in [0.25, 0.3) is 0 Å². The normalized spacial score (nSPS) is 11.0. The molecule has 27 heavy (non-hydrogen) atoms. The second-order valence-corrected chi connectivity index (χ2v) is 7.06. The van der Waals surface area contributed by atoms with Crippen molar-refractivity contribution in [2.45, 2.75) is 4.90 Å². The van der Waals surface area contributed by atoms with Gasteiger partial charge in [0, 0.05) is 23.8 Å². The number of aromatic nitrogens is 2. The van der Waals surface area contributed by atoms with Gasteiger partial charge in [-0.2, -0.15) is 0 Å². The minimum Gasteiger partial charge on any atom is -0.382 e. The van der Waals surface area contributed by atoms with Crippen LogP contribution in [-0.2, 0) is 10.0 Å². The van der Waals surface area contributed by atoms with Gasteiger partial charge in [-0.15, -0.1) is 0 Å². The number of sulfonamides is 1. The number of nitrogens with zero attached hydrogens (tertiary/aromatic N) is 2. The average molecular weight is 387 g/mol. The SMILES string of the molecule is Nc1nccnc1C(=O)Nc1ccc(NS(=O)(=O)c2ccc(F)cc2)cc1. The van der Waals surface area contributed by atoms with Crippen LogP contribution in [0.15, 0.2) is 65.8 Å². The van der Waals surface area contributed by atoms with E-state index in [9.17, 15) is 17.6 Å². The molecule has 0 fully saturated rings. The quantitative estimate of drug-likeness (QED) is 0.616. The van der Waals surface area contributed by atoms with Gasteiger partial charge in [0.15, 0.2) is 11.5 Å². The molecule has 1 amide bonds. The summed E-state index contributed by atoms with van der Waals surface area (Å²) in [4.78, 5) is 19.7. The molecule has 0 spiro atoms. The first-order chi connectivity index (χ1) is 12.8. The van der Waals surface area contributed by atoms with E-state index in [0.29, 0.717) is 5.69 Å². The van der Waals surface area contributed by atoms with Crippen LogP contribution in [0.3, 0.4) is 0 Å². The van der Waals surface area contributed by atoms with E-state index in [1.165, 1.54) is 36.7 Å². The Morgan fingerprint density at radius 3 is 2.15 bits per heavy atom. The molecule has 0 aliphatic heterocycles. The third kappa shape index (κ3) is 4.36. The molecule has 10 heteroatoms. The molecule has 8 nitrogen and oxygen atoms in total. The molecule has 2 aromatic carbocycles. The van der Waals surface area contributed by atoms with Crippen LogP contribution in [0, 0.1) is 5.82 Å². The summed E-state index contributed by atoms with van der Waals surface area (Å²) in [5.41, 5.74) is 6.27. The summed E-state index contributed by atoms with van der Waals surface area (Å²) >= 11 is 0. The van der Waals surface area contributed by atoms with E-state index in [2.05, 4.69) is 20.0 Å². The number of nitrogen functional groups attached to an aromatic ring is 1. The third-order valence-corrected chi connectivity index (χ3v) is 4.86. The van der Waals surface area contributed by atoms with Crippen LogP contribution in [0.4, 0.5) is 21.6 Å². The summed E-state index contributed by atoms with van der Waals surface area (Å²) in [6.07, 6.45) is 2.72. The molecule has 0 saturated carbocycles. The summed E-state index contributed by atoms with van der Waals surface area (Å²) in [6, 6.07) is 10.4. The molecule has 0 unspecified atom stereocenters. The lowest BCUT2D eigenvalue weighted by Gasteiger charge is -2.10. The van der Waals surface area contributed by atoms with Crippen LogP contribution in [0.2, 0.25) is 0 Å². The standard InChI is InChI=1S/C17H14FN5O3S/c18-11-1-7-14(8-2-11)27(25,26)23-13-5-3-12(4-6-13)22-17(24)15-16(19)21-10-9-20-15/h1-10,23H,(H2,19,21)(H,22,24). The van der Waals surface area contributed by atoms with Crippen molar-refractivity contribution in [2.24, 2.45) is 0 Å². The van der Waals surface area contributed by atoms with Crippen molar-refractivity contribution in [3.8, 4) is 0 Å². The van der Waals surface area contributed by atoms with Crippen LogP contribution >= 0.6 is 0 Å². The molecule has 0 radical (unpaired) electrons. The first-order valence-corrected chi connectivity index (χ1v) is 9.10. The number of benzene rings is 2. The van der Waals surface area contributed by atoms with E-state index >= 15 is 0 Å². The van der Waals surface area contributed by atoms with Crippen molar-refractivity contribution in [1.82, 2.24) is 9.97 Å². The topological polar surface area (TPSA) is 127 Å². The molecule has 0 aliphatic rings. The first kappa shape index (κ1) is 18.3. The smallest absolute Gasteiger partial charge is 0.278 e. The number of amides is 1. The Kier molecular flexibility index (Phi) is 4.99.